The van der Waals surface area contributed by atoms with Gasteiger partial charge in [0.2, 0.25) is 5.91 Å². The summed E-state index contributed by atoms with van der Waals surface area (Å²) in [6.07, 6.45) is 4.14. The van der Waals surface area contributed by atoms with Crippen LogP contribution in [-0.2, 0) is 11.3 Å². The lowest BCUT2D eigenvalue weighted by Crippen LogP contribution is -2.51. The Labute approximate surface area is 192 Å². The predicted molar refractivity (Wildman–Crippen MR) is 123 cm³/mol. The molecule has 164 valence electrons. The quantitative estimate of drug-likeness (QED) is 0.574. The molecule has 2 saturated heterocycles. The molecule has 0 spiro atoms. The predicted octanol–water partition coefficient (Wildman–Crippen LogP) is 3.62. The van der Waals surface area contributed by atoms with Crippen molar-refractivity contribution in [2.75, 3.05) is 12.3 Å². The van der Waals surface area contributed by atoms with Gasteiger partial charge in [0.1, 0.15) is 0 Å². The van der Waals surface area contributed by atoms with E-state index in [-0.39, 0.29) is 24.1 Å². The summed E-state index contributed by atoms with van der Waals surface area (Å²) in [5.74, 6) is -0.600. The Balaban J connectivity index is 1.27. The molecule has 2 bridgehead atoms. The van der Waals surface area contributed by atoms with E-state index in [4.69, 9.17) is 28.9 Å². The van der Waals surface area contributed by atoms with Gasteiger partial charge in [0, 0.05) is 40.4 Å². The summed E-state index contributed by atoms with van der Waals surface area (Å²) in [5, 5.41) is 6.89. The van der Waals surface area contributed by atoms with Crippen molar-refractivity contribution in [3.8, 4) is 0 Å². The number of hydrogen-bond acceptors (Lipinski definition) is 4. The number of fused-ring (bicyclic) bond motifs is 2. The zero-order valence-electron chi connectivity index (χ0n) is 17.1. The second kappa shape index (κ2) is 9.47. The molecule has 0 aromatic heterocycles. The van der Waals surface area contributed by atoms with Crippen molar-refractivity contribution in [1.29, 1.82) is 0 Å². The number of rotatable bonds is 6. The van der Waals surface area contributed by atoms with Crippen molar-refractivity contribution in [2.24, 2.45) is 0 Å². The fraction of sp³-hybridized carbons (Fsp3) is 0.391. The zero-order chi connectivity index (χ0) is 22.0. The molecule has 2 aromatic carbocycles. The molecule has 2 aromatic rings. The number of nitrogen functional groups attached to an aromatic ring is 1. The lowest BCUT2D eigenvalue weighted by atomic mass is 9.96. The van der Waals surface area contributed by atoms with Crippen LogP contribution < -0.4 is 16.4 Å². The third-order valence-corrected chi connectivity index (χ3v) is 6.68. The van der Waals surface area contributed by atoms with Gasteiger partial charge >= 0.3 is 0 Å². The molecule has 2 aliphatic heterocycles. The molecule has 4 rings (SSSR count). The van der Waals surface area contributed by atoms with E-state index in [0.29, 0.717) is 22.8 Å². The van der Waals surface area contributed by atoms with E-state index in [9.17, 15) is 9.59 Å². The fourth-order valence-corrected chi connectivity index (χ4v) is 5.01. The summed E-state index contributed by atoms with van der Waals surface area (Å²) in [6.45, 7) is 0.815. The SMILES string of the molecule is Nc1ccc(Cl)cc1C(=O)NCC(=O)NC1CC2CCC(C1)N2Cc1ccc(Cl)cc1. The third kappa shape index (κ3) is 5.32. The standard InChI is InChI=1S/C23H26Cl2N4O2/c24-15-3-1-14(2-4-15)13-29-18-6-7-19(29)11-17(10-18)28-22(30)12-27-23(31)20-9-16(25)5-8-21(20)26/h1-5,8-9,17-19H,6-7,10-13,26H2,(H,27,31)(H,28,30). The minimum atomic E-state index is -0.409. The Bertz CT molecular complexity index is 953. The highest BCUT2D eigenvalue weighted by Gasteiger charge is 2.40. The molecule has 0 radical (unpaired) electrons. The van der Waals surface area contributed by atoms with Crippen molar-refractivity contribution in [3.63, 3.8) is 0 Å². The summed E-state index contributed by atoms with van der Waals surface area (Å²) >= 11 is 11.9. The maximum atomic E-state index is 12.4. The number of nitrogens with two attached hydrogens (primary N) is 1. The molecule has 6 nitrogen and oxygen atoms in total. The molecule has 31 heavy (non-hydrogen) atoms. The number of nitrogens with zero attached hydrogens (tertiary/aromatic N) is 1. The summed E-state index contributed by atoms with van der Waals surface area (Å²) < 4.78 is 0. The number of piperidine rings is 1. The monoisotopic (exact) mass is 460 g/mol. The first-order chi connectivity index (χ1) is 14.9. The number of carbonyl (C=O) groups excluding carboxylic acids is 2. The van der Waals surface area contributed by atoms with E-state index in [2.05, 4.69) is 27.7 Å². The molecule has 2 amide bonds. The molecular weight excluding hydrogens is 435 g/mol. The zero-order valence-corrected chi connectivity index (χ0v) is 18.6. The van der Waals surface area contributed by atoms with Gasteiger partial charge in [-0.2, -0.15) is 0 Å². The third-order valence-electron chi connectivity index (χ3n) is 6.20. The average Bonchev–Trinajstić information content (AvgIpc) is 2.97. The van der Waals surface area contributed by atoms with Crippen LogP contribution >= 0.6 is 23.2 Å². The summed E-state index contributed by atoms with van der Waals surface area (Å²) in [4.78, 5) is 27.3. The van der Waals surface area contributed by atoms with Gasteiger partial charge in [-0.05, 0) is 61.6 Å². The molecule has 0 saturated carbocycles. The molecule has 2 atom stereocenters. The Hall–Kier alpha value is -2.28. The maximum Gasteiger partial charge on any atom is 0.253 e. The normalized spacial score (nSPS) is 22.8. The van der Waals surface area contributed by atoms with E-state index in [1.807, 2.05) is 12.1 Å². The number of halogens is 2. The largest absolute Gasteiger partial charge is 0.398 e. The van der Waals surface area contributed by atoms with Crippen molar-refractivity contribution < 1.29 is 9.59 Å². The summed E-state index contributed by atoms with van der Waals surface area (Å²) in [6, 6.07) is 13.7. The van der Waals surface area contributed by atoms with E-state index in [1.54, 1.807) is 12.1 Å². The van der Waals surface area contributed by atoms with Crippen LogP contribution in [0, 0.1) is 0 Å². The molecule has 2 unspecified atom stereocenters. The highest BCUT2D eigenvalue weighted by atomic mass is 35.5. The van der Waals surface area contributed by atoms with E-state index < -0.39 is 5.91 Å². The van der Waals surface area contributed by atoms with Gasteiger partial charge in [-0.25, -0.2) is 0 Å². The minimum absolute atomic E-state index is 0.0922. The number of amides is 2. The van der Waals surface area contributed by atoms with Crippen LogP contribution in [0.25, 0.3) is 0 Å². The van der Waals surface area contributed by atoms with Crippen LogP contribution in [0.4, 0.5) is 5.69 Å². The van der Waals surface area contributed by atoms with Crippen LogP contribution in [0.3, 0.4) is 0 Å². The molecule has 2 fully saturated rings. The molecule has 2 aliphatic rings. The number of nitrogens with one attached hydrogen (secondary N) is 2. The van der Waals surface area contributed by atoms with Gasteiger partial charge in [0.25, 0.3) is 5.91 Å². The smallest absolute Gasteiger partial charge is 0.253 e. The second-order valence-corrected chi connectivity index (χ2v) is 9.21. The van der Waals surface area contributed by atoms with Crippen LogP contribution in [0.1, 0.15) is 41.6 Å². The Morgan fingerprint density at radius 1 is 1.00 bits per heavy atom. The molecule has 8 heteroatoms. The number of benzene rings is 2. The average molecular weight is 461 g/mol. The van der Waals surface area contributed by atoms with E-state index >= 15 is 0 Å². The van der Waals surface area contributed by atoms with Gasteiger partial charge in [0.15, 0.2) is 0 Å². The topological polar surface area (TPSA) is 87.5 Å². The van der Waals surface area contributed by atoms with Crippen molar-refractivity contribution in [2.45, 2.75) is 50.4 Å². The first-order valence-corrected chi connectivity index (χ1v) is 11.3. The number of carbonyl (C=O) groups is 2. The summed E-state index contributed by atoms with van der Waals surface area (Å²) in [7, 11) is 0. The first kappa shape index (κ1) is 21.9. The van der Waals surface area contributed by atoms with Crippen molar-refractivity contribution >= 4 is 40.7 Å². The molecular formula is C23H26Cl2N4O2. The highest BCUT2D eigenvalue weighted by Crippen LogP contribution is 2.37. The number of hydrogen-bond donors (Lipinski definition) is 3. The highest BCUT2D eigenvalue weighted by molar-refractivity contribution is 6.31. The lowest BCUT2D eigenvalue weighted by Gasteiger charge is -2.39. The van der Waals surface area contributed by atoms with Gasteiger partial charge in [-0.3, -0.25) is 14.5 Å². The van der Waals surface area contributed by atoms with Crippen LogP contribution in [0.15, 0.2) is 42.5 Å². The van der Waals surface area contributed by atoms with E-state index in [1.165, 1.54) is 11.6 Å². The molecule has 2 heterocycles. The first-order valence-electron chi connectivity index (χ1n) is 10.5. The van der Waals surface area contributed by atoms with Gasteiger partial charge in [0.05, 0.1) is 12.1 Å². The maximum absolute atomic E-state index is 12.4. The Kier molecular flexibility index (Phi) is 6.70. The second-order valence-electron chi connectivity index (χ2n) is 8.33. The fourth-order valence-electron chi connectivity index (χ4n) is 4.71. The minimum Gasteiger partial charge on any atom is -0.398 e. The van der Waals surface area contributed by atoms with Crippen molar-refractivity contribution in [3.05, 3.63) is 63.6 Å². The van der Waals surface area contributed by atoms with Gasteiger partial charge in [-0.1, -0.05) is 35.3 Å². The Morgan fingerprint density at radius 3 is 2.32 bits per heavy atom. The van der Waals surface area contributed by atoms with E-state index in [0.717, 1.165) is 37.3 Å². The molecule has 0 aliphatic carbocycles. The van der Waals surface area contributed by atoms with Crippen LogP contribution in [0.2, 0.25) is 10.0 Å². The van der Waals surface area contributed by atoms with Crippen LogP contribution in [-0.4, -0.2) is 41.4 Å². The lowest BCUT2D eigenvalue weighted by molar-refractivity contribution is -0.121. The van der Waals surface area contributed by atoms with Crippen LogP contribution in [0.5, 0.6) is 0 Å². The van der Waals surface area contributed by atoms with Gasteiger partial charge in [-0.15, -0.1) is 0 Å². The molecule has 4 N–H and O–H groups in total. The van der Waals surface area contributed by atoms with Gasteiger partial charge < -0.3 is 16.4 Å². The number of anilines is 1. The van der Waals surface area contributed by atoms with Crippen molar-refractivity contribution in [1.82, 2.24) is 15.5 Å². The Morgan fingerprint density at radius 2 is 1.65 bits per heavy atom. The summed E-state index contributed by atoms with van der Waals surface area (Å²) in [5.41, 5.74) is 7.68.